The lowest BCUT2D eigenvalue weighted by Crippen LogP contribution is -2.43. The van der Waals surface area contributed by atoms with Crippen LogP contribution in [0, 0.1) is 5.92 Å². The maximum absolute atomic E-state index is 5.93. The van der Waals surface area contributed by atoms with Crippen molar-refractivity contribution in [1.82, 2.24) is 4.90 Å². The fraction of sp³-hybridized carbons (Fsp3) is 0.520. The summed E-state index contributed by atoms with van der Waals surface area (Å²) < 4.78 is 28.5. The monoisotopic (exact) mass is 425 g/mol. The number of hydrogen-bond acceptors (Lipinski definition) is 6. The van der Waals surface area contributed by atoms with Crippen molar-refractivity contribution in [2.75, 3.05) is 42.1 Å². The Kier molecular flexibility index (Phi) is 5.13. The highest BCUT2D eigenvalue weighted by Gasteiger charge is 2.47. The van der Waals surface area contributed by atoms with E-state index in [9.17, 15) is 0 Å². The Morgan fingerprint density at radius 1 is 0.742 bits per heavy atom. The van der Waals surface area contributed by atoms with Crippen molar-refractivity contribution in [2.45, 2.75) is 37.8 Å². The van der Waals surface area contributed by atoms with E-state index >= 15 is 0 Å². The van der Waals surface area contributed by atoms with E-state index in [0.717, 1.165) is 42.4 Å². The zero-order valence-corrected chi connectivity index (χ0v) is 19.0. The quantitative estimate of drug-likeness (QED) is 0.686. The Balaban J connectivity index is 1.68. The van der Waals surface area contributed by atoms with Gasteiger partial charge in [-0.25, -0.2) is 0 Å². The van der Waals surface area contributed by atoms with E-state index in [1.54, 1.807) is 35.5 Å². The summed E-state index contributed by atoms with van der Waals surface area (Å²) in [5.41, 5.74) is 5.26. The van der Waals surface area contributed by atoms with Crippen molar-refractivity contribution in [2.24, 2.45) is 5.92 Å². The van der Waals surface area contributed by atoms with Crippen LogP contribution in [0.4, 0.5) is 0 Å². The van der Waals surface area contributed by atoms with Gasteiger partial charge in [0.15, 0.2) is 23.0 Å². The zero-order chi connectivity index (χ0) is 21.7. The van der Waals surface area contributed by atoms with Gasteiger partial charge in [-0.2, -0.15) is 0 Å². The van der Waals surface area contributed by atoms with Crippen LogP contribution >= 0.6 is 0 Å². The summed E-state index contributed by atoms with van der Waals surface area (Å²) in [5.74, 6) is 4.49. The van der Waals surface area contributed by atoms with Gasteiger partial charge in [0.2, 0.25) is 5.75 Å². The second kappa shape index (κ2) is 7.83. The Morgan fingerprint density at radius 3 is 2.00 bits per heavy atom. The van der Waals surface area contributed by atoms with Gasteiger partial charge in [-0.3, -0.25) is 4.90 Å². The highest BCUT2D eigenvalue weighted by atomic mass is 16.5. The molecule has 2 aliphatic heterocycles. The SMILES string of the molecule is COc1cc2c(cc1OC)[C@@H]1Cc3cc(OC)c(OC)c(OC)c3[C@H](C3CC3)N1CC2. The fourth-order valence-electron chi connectivity index (χ4n) is 5.62. The number of nitrogens with zero attached hydrogens (tertiary/aromatic N) is 1. The van der Waals surface area contributed by atoms with Crippen LogP contribution < -0.4 is 23.7 Å². The maximum Gasteiger partial charge on any atom is 0.203 e. The van der Waals surface area contributed by atoms with Crippen LogP contribution in [-0.4, -0.2) is 47.0 Å². The van der Waals surface area contributed by atoms with Gasteiger partial charge in [0.05, 0.1) is 35.5 Å². The second-order valence-electron chi connectivity index (χ2n) is 8.61. The van der Waals surface area contributed by atoms with E-state index < -0.39 is 0 Å². The third kappa shape index (κ3) is 3.11. The molecule has 0 unspecified atom stereocenters. The lowest BCUT2D eigenvalue weighted by atomic mass is 9.78. The highest BCUT2D eigenvalue weighted by Crippen LogP contribution is 2.58. The highest BCUT2D eigenvalue weighted by molar-refractivity contribution is 5.62. The van der Waals surface area contributed by atoms with E-state index in [0.29, 0.717) is 23.8 Å². The molecular weight excluding hydrogens is 394 g/mol. The van der Waals surface area contributed by atoms with E-state index in [2.05, 4.69) is 23.1 Å². The molecule has 1 fully saturated rings. The lowest BCUT2D eigenvalue weighted by Gasteiger charge is -2.47. The first-order chi connectivity index (χ1) is 15.1. The first kappa shape index (κ1) is 20.3. The van der Waals surface area contributed by atoms with Crippen molar-refractivity contribution in [3.05, 3.63) is 40.5 Å². The van der Waals surface area contributed by atoms with Crippen LogP contribution in [0.3, 0.4) is 0 Å². The van der Waals surface area contributed by atoms with Gasteiger partial charge in [-0.05, 0) is 66.5 Å². The third-order valence-corrected chi connectivity index (χ3v) is 7.13. The summed E-state index contributed by atoms with van der Waals surface area (Å²) in [6, 6.07) is 7.10. The predicted octanol–water partition coefficient (Wildman–Crippen LogP) is 4.34. The van der Waals surface area contributed by atoms with Gasteiger partial charge < -0.3 is 23.7 Å². The summed E-state index contributed by atoms with van der Waals surface area (Å²) in [6.07, 6.45) is 4.41. The Morgan fingerprint density at radius 2 is 1.39 bits per heavy atom. The maximum atomic E-state index is 5.93. The molecule has 2 atom stereocenters. The minimum atomic E-state index is 0.296. The van der Waals surface area contributed by atoms with E-state index in [-0.39, 0.29) is 0 Å². The number of hydrogen-bond donors (Lipinski definition) is 0. The Bertz CT molecular complexity index is 1000. The van der Waals surface area contributed by atoms with Gasteiger partial charge in [-0.15, -0.1) is 0 Å². The molecule has 2 aromatic carbocycles. The number of benzene rings is 2. The summed E-state index contributed by atoms with van der Waals surface area (Å²) in [7, 11) is 8.50. The van der Waals surface area contributed by atoms with Gasteiger partial charge in [0, 0.05) is 24.2 Å². The number of rotatable bonds is 6. The Labute approximate surface area is 184 Å². The molecule has 0 N–H and O–H groups in total. The molecule has 0 saturated heterocycles. The van der Waals surface area contributed by atoms with Gasteiger partial charge in [0.25, 0.3) is 0 Å². The van der Waals surface area contributed by atoms with Gasteiger partial charge >= 0.3 is 0 Å². The van der Waals surface area contributed by atoms with Crippen LogP contribution in [-0.2, 0) is 12.8 Å². The minimum Gasteiger partial charge on any atom is -0.493 e. The standard InChI is InChI=1S/C25H31NO5/c1-27-19-11-15-8-9-26-18(17(15)13-20(19)28-2)10-16-12-21(29-3)24(30-4)25(31-5)22(16)23(26)14-6-7-14/h11-14,18,23H,6-10H2,1-5H3/t18-,23-/m0/s1. The number of ether oxygens (including phenoxy) is 5. The molecule has 0 amide bonds. The van der Waals surface area contributed by atoms with Crippen molar-refractivity contribution in [3.8, 4) is 28.7 Å². The topological polar surface area (TPSA) is 49.4 Å². The zero-order valence-electron chi connectivity index (χ0n) is 19.0. The number of methoxy groups -OCH3 is 5. The van der Waals surface area contributed by atoms with Crippen LogP contribution in [0.5, 0.6) is 28.7 Å². The first-order valence-corrected chi connectivity index (χ1v) is 11.0. The summed E-state index contributed by atoms with van der Waals surface area (Å²) in [4.78, 5) is 2.68. The average molecular weight is 426 g/mol. The number of fused-ring (bicyclic) bond motifs is 4. The molecule has 6 heteroatoms. The third-order valence-electron chi connectivity index (χ3n) is 7.13. The van der Waals surface area contributed by atoms with Gasteiger partial charge in [0.1, 0.15) is 0 Å². The molecule has 6 nitrogen and oxygen atoms in total. The lowest BCUT2D eigenvalue weighted by molar-refractivity contribution is 0.0894. The summed E-state index contributed by atoms with van der Waals surface area (Å²) in [5, 5.41) is 0. The molecule has 166 valence electrons. The van der Waals surface area contributed by atoms with E-state index in [1.165, 1.54) is 35.1 Å². The predicted molar refractivity (Wildman–Crippen MR) is 118 cm³/mol. The van der Waals surface area contributed by atoms with Crippen LogP contribution in [0.25, 0.3) is 0 Å². The van der Waals surface area contributed by atoms with E-state index in [1.807, 2.05) is 0 Å². The summed E-state index contributed by atoms with van der Waals surface area (Å²) >= 11 is 0. The van der Waals surface area contributed by atoms with Crippen LogP contribution in [0.1, 0.15) is 47.2 Å². The Hall–Kier alpha value is -2.60. The smallest absolute Gasteiger partial charge is 0.203 e. The molecule has 31 heavy (non-hydrogen) atoms. The molecule has 5 rings (SSSR count). The molecule has 0 aromatic heterocycles. The first-order valence-electron chi connectivity index (χ1n) is 11.0. The molecule has 1 aliphatic carbocycles. The molecular formula is C25H31NO5. The minimum absolute atomic E-state index is 0.296. The summed E-state index contributed by atoms with van der Waals surface area (Å²) in [6.45, 7) is 1.02. The largest absolute Gasteiger partial charge is 0.493 e. The van der Waals surface area contributed by atoms with Crippen LogP contribution in [0.2, 0.25) is 0 Å². The molecule has 2 heterocycles. The van der Waals surface area contributed by atoms with Crippen molar-refractivity contribution in [3.63, 3.8) is 0 Å². The molecule has 0 radical (unpaired) electrons. The molecule has 0 spiro atoms. The second-order valence-corrected chi connectivity index (χ2v) is 8.61. The van der Waals surface area contributed by atoms with Gasteiger partial charge in [-0.1, -0.05) is 0 Å². The van der Waals surface area contributed by atoms with Crippen molar-refractivity contribution in [1.29, 1.82) is 0 Å². The normalized spacial score (nSPS) is 22.1. The fourth-order valence-corrected chi connectivity index (χ4v) is 5.62. The molecule has 0 bridgehead atoms. The molecule has 2 aromatic rings. The van der Waals surface area contributed by atoms with Crippen molar-refractivity contribution < 1.29 is 23.7 Å². The van der Waals surface area contributed by atoms with Crippen molar-refractivity contribution >= 4 is 0 Å². The van der Waals surface area contributed by atoms with Crippen LogP contribution in [0.15, 0.2) is 18.2 Å². The molecule has 1 saturated carbocycles. The van der Waals surface area contributed by atoms with E-state index in [4.69, 9.17) is 23.7 Å². The molecule has 3 aliphatic rings. The average Bonchev–Trinajstić information content (AvgIpc) is 3.65.